The number of amidine groups is 1. The van der Waals surface area contributed by atoms with Crippen molar-refractivity contribution < 1.29 is 0 Å². The van der Waals surface area contributed by atoms with Crippen molar-refractivity contribution in [2.75, 3.05) is 0 Å². The Kier molecular flexibility index (Phi) is 0.656. The summed E-state index contributed by atoms with van der Waals surface area (Å²) in [4.78, 5) is 0. The number of fused-ring (bicyclic) bond motifs is 1. The molecule has 0 aromatic heterocycles. The van der Waals surface area contributed by atoms with E-state index in [-0.39, 0.29) is 0 Å². The van der Waals surface area contributed by atoms with Gasteiger partial charge in [-0.1, -0.05) is 6.08 Å². The Labute approximate surface area is 52.3 Å². The third kappa shape index (κ3) is 0.455. The summed E-state index contributed by atoms with van der Waals surface area (Å²) in [6, 6.07) is 0. The molecule has 0 spiro atoms. The fourth-order valence-corrected chi connectivity index (χ4v) is 0.896. The van der Waals surface area contributed by atoms with Crippen LogP contribution in [0.4, 0.5) is 0 Å². The fourth-order valence-electron chi connectivity index (χ4n) is 0.896. The second-order valence-corrected chi connectivity index (χ2v) is 1.92. The van der Waals surface area contributed by atoms with E-state index in [0.717, 1.165) is 11.3 Å². The summed E-state index contributed by atoms with van der Waals surface area (Å²) in [7, 11) is 0. The smallest absolute Gasteiger partial charge is 0.148 e. The highest BCUT2D eigenvalue weighted by Gasteiger charge is 2.18. The van der Waals surface area contributed by atoms with E-state index in [1.807, 2.05) is 18.2 Å². The van der Waals surface area contributed by atoms with Gasteiger partial charge in [0.15, 0.2) is 0 Å². The first-order valence-corrected chi connectivity index (χ1v) is 2.69. The van der Waals surface area contributed by atoms with E-state index in [4.69, 9.17) is 5.41 Å². The first-order valence-electron chi connectivity index (χ1n) is 2.69. The molecule has 3 nitrogen and oxygen atoms in total. The number of rotatable bonds is 0. The first kappa shape index (κ1) is 4.49. The molecule has 1 heterocycles. The van der Waals surface area contributed by atoms with Gasteiger partial charge in [-0.25, -0.2) is 0 Å². The molecule has 0 amide bonds. The zero-order valence-electron chi connectivity index (χ0n) is 4.68. The predicted molar refractivity (Wildman–Crippen MR) is 35.5 cm³/mol. The van der Waals surface area contributed by atoms with E-state index in [1.54, 1.807) is 0 Å². The number of nitrogens with zero attached hydrogens (tertiary/aromatic N) is 1. The molecule has 0 saturated heterocycles. The molecule has 3 heteroatoms. The van der Waals surface area contributed by atoms with Gasteiger partial charge in [0.1, 0.15) is 5.84 Å². The monoisotopic (exact) mass is 119 g/mol. The van der Waals surface area contributed by atoms with Crippen LogP contribution >= 0.6 is 0 Å². The van der Waals surface area contributed by atoms with E-state index in [1.165, 1.54) is 0 Å². The Morgan fingerprint density at radius 1 is 1.56 bits per heavy atom. The lowest BCUT2D eigenvalue weighted by Gasteiger charge is -1.88. The number of hydrogen-bond acceptors (Lipinski definition) is 2. The van der Waals surface area contributed by atoms with Gasteiger partial charge in [-0.2, -0.15) is 5.10 Å². The summed E-state index contributed by atoms with van der Waals surface area (Å²) in [6.07, 6.45) is 5.65. The molecular formula is C6H5N3. The van der Waals surface area contributed by atoms with E-state index in [2.05, 4.69) is 10.5 Å². The molecule has 1 aliphatic heterocycles. The van der Waals surface area contributed by atoms with E-state index >= 15 is 0 Å². The van der Waals surface area contributed by atoms with Crippen LogP contribution in [-0.2, 0) is 0 Å². The minimum absolute atomic E-state index is 0.398. The molecule has 0 fully saturated rings. The molecule has 2 rings (SSSR count). The Hall–Kier alpha value is -1.38. The standard InChI is InChI=1S/C6H5N3/c7-6-4-2-1-3-5(4)8-9-6/h1-3H,(H2,7,9). The summed E-state index contributed by atoms with van der Waals surface area (Å²) < 4.78 is 0. The second-order valence-electron chi connectivity index (χ2n) is 1.92. The summed E-state index contributed by atoms with van der Waals surface area (Å²) in [5.74, 6) is 0.398. The van der Waals surface area contributed by atoms with Crippen LogP contribution in [0.3, 0.4) is 0 Å². The number of hydrogen-bond donors (Lipinski definition) is 2. The van der Waals surface area contributed by atoms with Gasteiger partial charge >= 0.3 is 0 Å². The quantitative estimate of drug-likeness (QED) is 0.477. The lowest BCUT2D eigenvalue weighted by molar-refractivity contribution is 1.05. The average molecular weight is 119 g/mol. The highest BCUT2D eigenvalue weighted by atomic mass is 15.3. The first-order chi connectivity index (χ1) is 4.38. The van der Waals surface area contributed by atoms with Crippen molar-refractivity contribution in [2.24, 2.45) is 5.10 Å². The van der Waals surface area contributed by atoms with Crippen LogP contribution in [0.25, 0.3) is 0 Å². The van der Waals surface area contributed by atoms with Crippen molar-refractivity contribution in [3.63, 3.8) is 0 Å². The van der Waals surface area contributed by atoms with E-state index in [0.29, 0.717) is 5.84 Å². The van der Waals surface area contributed by atoms with Crippen LogP contribution in [-0.4, -0.2) is 11.5 Å². The van der Waals surface area contributed by atoms with Crippen LogP contribution in [0.15, 0.2) is 28.9 Å². The average Bonchev–Trinajstić information content (AvgIpc) is 2.35. The van der Waals surface area contributed by atoms with E-state index < -0.39 is 0 Å². The van der Waals surface area contributed by atoms with Gasteiger partial charge in [-0.15, -0.1) is 0 Å². The zero-order chi connectivity index (χ0) is 6.27. The maximum atomic E-state index is 7.24. The molecule has 0 aromatic carbocycles. The summed E-state index contributed by atoms with van der Waals surface area (Å²) in [5.41, 5.74) is 4.35. The van der Waals surface area contributed by atoms with Crippen LogP contribution in [0.2, 0.25) is 0 Å². The summed E-state index contributed by atoms with van der Waals surface area (Å²) in [6.45, 7) is 0. The maximum absolute atomic E-state index is 7.24. The summed E-state index contributed by atoms with van der Waals surface area (Å²) in [5, 5.41) is 11.1. The van der Waals surface area contributed by atoms with Crippen LogP contribution in [0.5, 0.6) is 0 Å². The number of hydrazone groups is 1. The fraction of sp³-hybridized carbons (Fsp3) is 0. The lowest BCUT2D eigenvalue weighted by Crippen LogP contribution is -2.10. The van der Waals surface area contributed by atoms with E-state index in [9.17, 15) is 0 Å². The largest absolute Gasteiger partial charge is 0.283 e. The SMILES string of the molecule is N=C1NN=C2C=CC=C12. The molecular weight excluding hydrogens is 114 g/mol. The third-order valence-electron chi connectivity index (χ3n) is 1.35. The second kappa shape index (κ2) is 1.31. The molecule has 44 valence electrons. The minimum atomic E-state index is 0.398. The van der Waals surface area contributed by atoms with Gasteiger partial charge in [0.2, 0.25) is 0 Å². The van der Waals surface area contributed by atoms with Crippen molar-refractivity contribution >= 4 is 11.5 Å². The molecule has 9 heavy (non-hydrogen) atoms. The highest BCUT2D eigenvalue weighted by molar-refractivity contribution is 6.31. The van der Waals surface area contributed by atoms with Gasteiger partial charge in [0.05, 0.1) is 5.71 Å². The Bertz CT molecular complexity index is 257. The topological polar surface area (TPSA) is 48.2 Å². The highest BCUT2D eigenvalue weighted by Crippen LogP contribution is 2.12. The molecule has 0 atom stereocenters. The van der Waals surface area contributed by atoms with Crippen molar-refractivity contribution in [3.05, 3.63) is 23.8 Å². The van der Waals surface area contributed by atoms with Crippen LogP contribution in [0.1, 0.15) is 0 Å². The van der Waals surface area contributed by atoms with Gasteiger partial charge in [-0.3, -0.25) is 10.8 Å². The zero-order valence-corrected chi connectivity index (χ0v) is 4.68. The van der Waals surface area contributed by atoms with Gasteiger partial charge in [-0.05, 0) is 12.2 Å². The molecule has 2 aliphatic rings. The van der Waals surface area contributed by atoms with Crippen molar-refractivity contribution in [3.8, 4) is 0 Å². The predicted octanol–water partition coefficient (Wildman–Crippen LogP) is 0.419. The molecule has 0 bridgehead atoms. The van der Waals surface area contributed by atoms with Crippen LogP contribution in [0, 0.1) is 5.41 Å². The summed E-state index contributed by atoms with van der Waals surface area (Å²) >= 11 is 0. The van der Waals surface area contributed by atoms with Crippen molar-refractivity contribution in [1.82, 2.24) is 5.43 Å². The molecule has 2 N–H and O–H groups in total. The van der Waals surface area contributed by atoms with Gasteiger partial charge in [0, 0.05) is 5.57 Å². The molecule has 0 radical (unpaired) electrons. The van der Waals surface area contributed by atoms with Crippen LogP contribution < -0.4 is 5.43 Å². The van der Waals surface area contributed by atoms with Gasteiger partial charge in [0.25, 0.3) is 0 Å². The number of allylic oxidation sites excluding steroid dienone is 3. The number of nitrogens with one attached hydrogen (secondary N) is 2. The maximum Gasteiger partial charge on any atom is 0.148 e. The molecule has 0 unspecified atom stereocenters. The third-order valence-corrected chi connectivity index (χ3v) is 1.35. The Morgan fingerprint density at radius 3 is 3.22 bits per heavy atom. The van der Waals surface area contributed by atoms with Crippen molar-refractivity contribution in [2.45, 2.75) is 0 Å². The van der Waals surface area contributed by atoms with Gasteiger partial charge < -0.3 is 0 Å². The normalized spacial score (nSPS) is 21.1. The Morgan fingerprint density at radius 2 is 2.44 bits per heavy atom. The molecule has 0 aromatic rings. The molecule has 1 aliphatic carbocycles. The Balaban J connectivity index is 2.53. The molecule has 0 saturated carbocycles. The minimum Gasteiger partial charge on any atom is -0.283 e. The van der Waals surface area contributed by atoms with Crippen molar-refractivity contribution in [1.29, 1.82) is 5.41 Å². The lowest BCUT2D eigenvalue weighted by atomic mass is 10.2.